The minimum Gasteiger partial charge on any atom is -0.204 e. The van der Waals surface area contributed by atoms with E-state index in [2.05, 4.69) is 135 Å². The molecule has 0 N–H and O–H groups in total. The summed E-state index contributed by atoms with van der Waals surface area (Å²) in [7, 11) is 4.27. The van der Waals surface area contributed by atoms with Crippen LogP contribution in [0.5, 0.6) is 0 Å². The maximum Gasteiger partial charge on any atom is 0.202 e. The lowest BCUT2D eigenvalue weighted by Gasteiger charge is -2.28. The molecule has 150 valence electrons. The van der Waals surface area contributed by atoms with Crippen molar-refractivity contribution < 1.29 is 9.13 Å². The Morgan fingerprint density at radius 1 is 0.600 bits per heavy atom. The molecule has 0 bridgehead atoms. The first kappa shape index (κ1) is 20.0. The molecule has 0 atom stereocenters. The van der Waals surface area contributed by atoms with Gasteiger partial charge in [0, 0.05) is 24.3 Å². The van der Waals surface area contributed by atoms with Crippen LogP contribution in [0.1, 0.15) is 35.0 Å². The lowest BCUT2D eigenvalue weighted by Crippen LogP contribution is -2.49. The largest absolute Gasteiger partial charge is 0.204 e. The Balaban J connectivity index is 2.05. The van der Waals surface area contributed by atoms with Crippen LogP contribution in [0, 0.1) is 13.8 Å². The van der Waals surface area contributed by atoms with E-state index in [0.29, 0.717) is 0 Å². The first-order chi connectivity index (χ1) is 14.4. The zero-order valence-electron chi connectivity index (χ0n) is 18.6. The van der Waals surface area contributed by atoms with Crippen LogP contribution in [0.2, 0.25) is 0 Å². The van der Waals surface area contributed by atoms with Crippen molar-refractivity contribution in [2.75, 3.05) is 0 Å². The third-order valence-electron chi connectivity index (χ3n) is 6.44. The number of rotatable bonds is 4. The highest BCUT2D eigenvalue weighted by Gasteiger charge is 2.45. The highest BCUT2D eigenvalue weighted by molar-refractivity contribution is 5.72. The van der Waals surface area contributed by atoms with Crippen LogP contribution >= 0.6 is 0 Å². The van der Waals surface area contributed by atoms with E-state index >= 15 is 0 Å². The molecular weight excluding hydrogens is 364 g/mol. The third kappa shape index (κ3) is 3.23. The zero-order chi connectivity index (χ0) is 21.3. The molecule has 4 rings (SSSR count). The highest BCUT2D eigenvalue weighted by Crippen LogP contribution is 2.40. The molecule has 2 aromatic heterocycles. The predicted octanol–water partition coefficient (Wildman–Crippen LogP) is 4.97. The first-order valence-electron chi connectivity index (χ1n) is 10.5. The fourth-order valence-corrected chi connectivity index (χ4v) is 4.84. The van der Waals surface area contributed by atoms with Crippen molar-refractivity contribution in [2.45, 2.75) is 26.2 Å². The molecule has 0 radical (unpaired) electrons. The van der Waals surface area contributed by atoms with E-state index in [-0.39, 0.29) is 5.41 Å². The summed E-state index contributed by atoms with van der Waals surface area (Å²) in [4.78, 5) is 0. The van der Waals surface area contributed by atoms with Gasteiger partial charge in [0.05, 0.1) is 0 Å². The zero-order valence-corrected chi connectivity index (χ0v) is 18.6. The van der Waals surface area contributed by atoms with Gasteiger partial charge in [-0.1, -0.05) is 54.6 Å². The van der Waals surface area contributed by atoms with Gasteiger partial charge in [-0.15, -0.1) is 0 Å². The van der Waals surface area contributed by atoms with Crippen molar-refractivity contribution in [3.63, 3.8) is 0 Å². The molecule has 0 saturated carbocycles. The molecule has 0 aliphatic rings. The maximum atomic E-state index is 2.35. The quantitative estimate of drug-likeness (QED) is 0.432. The van der Waals surface area contributed by atoms with Crippen molar-refractivity contribution in [2.24, 2.45) is 14.1 Å². The molecule has 2 aromatic carbocycles. The van der Waals surface area contributed by atoms with E-state index in [9.17, 15) is 0 Å². The molecule has 30 heavy (non-hydrogen) atoms. The molecule has 2 nitrogen and oxygen atoms in total. The second-order valence-electron chi connectivity index (χ2n) is 8.31. The summed E-state index contributed by atoms with van der Waals surface area (Å²) in [6.07, 6.45) is 4.27. The van der Waals surface area contributed by atoms with Gasteiger partial charge in [-0.25, -0.2) is 9.13 Å². The molecule has 0 fully saturated rings. The van der Waals surface area contributed by atoms with Crippen LogP contribution in [0.3, 0.4) is 0 Å². The fraction of sp³-hybridized carbons (Fsp3) is 0.214. The minimum atomic E-state index is -0.311. The first-order valence-corrected chi connectivity index (χ1v) is 10.5. The van der Waals surface area contributed by atoms with Crippen molar-refractivity contribution in [3.05, 3.63) is 119 Å². The summed E-state index contributed by atoms with van der Waals surface area (Å²) < 4.78 is 4.49. The normalized spacial score (nSPS) is 11.5. The van der Waals surface area contributed by atoms with Gasteiger partial charge in [-0.05, 0) is 48.6 Å². The predicted molar refractivity (Wildman–Crippen MR) is 122 cm³/mol. The maximum absolute atomic E-state index is 2.35. The van der Waals surface area contributed by atoms with E-state index in [0.717, 1.165) is 0 Å². The average molecular weight is 395 g/mol. The van der Waals surface area contributed by atoms with Crippen molar-refractivity contribution in [1.29, 1.82) is 0 Å². The van der Waals surface area contributed by atoms with Gasteiger partial charge in [0.2, 0.25) is 11.4 Å². The van der Waals surface area contributed by atoms with E-state index < -0.39 is 0 Å². The topological polar surface area (TPSA) is 7.76 Å². The summed E-state index contributed by atoms with van der Waals surface area (Å²) in [5, 5.41) is 0. The van der Waals surface area contributed by atoms with Gasteiger partial charge in [-0.2, -0.15) is 0 Å². The number of pyridine rings is 2. The molecule has 0 spiro atoms. The van der Waals surface area contributed by atoms with Crippen LogP contribution in [-0.4, -0.2) is 0 Å². The van der Waals surface area contributed by atoms with E-state index in [1.807, 2.05) is 0 Å². The van der Waals surface area contributed by atoms with Gasteiger partial charge < -0.3 is 0 Å². The second kappa shape index (κ2) is 7.87. The van der Waals surface area contributed by atoms with Crippen LogP contribution in [0.4, 0.5) is 0 Å². The Bertz CT molecular complexity index is 1160. The average Bonchev–Trinajstić information content (AvgIpc) is 2.75. The fourth-order valence-electron chi connectivity index (χ4n) is 4.84. The van der Waals surface area contributed by atoms with E-state index in [4.69, 9.17) is 0 Å². The molecular formula is C28H30N2+2. The van der Waals surface area contributed by atoms with Gasteiger partial charge in [0.25, 0.3) is 0 Å². The van der Waals surface area contributed by atoms with Crippen LogP contribution in [0.15, 0.2) is 91.3 Å². The molecule has 2 heteroatoms. The molecule has 0 aliphatic heterocycles. The number of hydrogen-bond donors (Lipinski definition) is 0. The summed E-state index contributed by atoms with van der Waals surface area (Å²) in [6.45, 7) is 6.80. The number of hydrogen-bond acceptors (Lipinski definition) is 0. The lowest BCUT2D eigenvalue weighted by atomic mass is 9.72. The van der Waals surface area contributed by atoms with E-state index in [1.165, 1.54) is 39.2 Å². The number of aryl methyl sites for hydroxylation is 3. The molecule has 0 unspecified atom stereocenters. The second-order valence-corrected chi connectivity index (χ2v) is 8.31. The van der Waals surface area contributed by atoms with Gasteiger partial charge >= 0.3 is 0 Å². The highest BCUT2D eigenvalue weighted by atomic mass is 15.0. The van der Waals surface area contributed by atoms with Gasteiger partial charge in [0.15, 0.2) is 17.8 Å². The monoisotopic (exact) mass is 394 g/mol. The Morgan fingerprint density at radius 3 is 1.70 bits per heavy atom. The Morgan fingerprint density at radius 2 is 1.13 bits per heavy atom. The molecule has 0 saturated heterocycles. The Hall–Kier alpha value is -3.26. The molecule has 0 aliphatic carbocycles. The van der Waals surface area contributed by atoms with Gasteiger partial charge in [-0.3, -0.25) is 0 Å². The number of nitrogens with zero attached hydrogens (tertiary/aromatic N) is 2. The minimum absolute atomic E-state index is 0.311. The van der Waals surface area contributed by atoms with E-state index in [1.54, 1.807) is 0 Å². The van der Waals surface area contributed by atoms with Crippen molar-refractivity contribution in [3.8, 4) is 11.1 Å². The standard InChI is InChI=1S/C28H30N2/c1-21-13-6-7-14-23(21)24-15-12-16-25(22(24)2)28(3,26-17-8-10-19-29(26)4)27-18-9-11-20-30(27)5/h6-20H,1-5H3/q+2. The summed E-state index contributed by atoms with van der Waals surface area (Å²) >= 11 is 0. The number of aromatic nitrogens is 2. The molecule has 2 heterocycles. The smallest absolute Gasteiger partial charge is 0.202 e. The number of benzene rings is 2. The molecule has 4 aromatic rings. The third-order valence-corrected chi connectivity index (χ3v) is 6.44. The van der Waals surface area contributed by atoms with Crippen LogP contribution < -0.4 is 9.13 Å². The Labute approximate surface area is 180 Å². The van der Waals surface area contributed by atoms with Gasteiger partial charge in [0.1, 0.15) is 14.1 Å². The Kier molecular flexibility index (Phi) is 5.26. The molecule has 0 amide bonds. The van der Waals surface area contributed by atoms with Crippen LogP contribution in [-0.2, 0) is 19.5 Å². The lowest BCUT2D eigenvalue weighted by molar-refractivity contribution is -0.696. The summed E-state index contributed by atoms with van der Waals surface area (Å²) in [5.41, 5.74) is 8.76. The van der Waals surface area contributed by atoms with Crippen LogP contribution in [0.25, 0.3) is 11.1 Å². The summed E-state index contributed by atoms with van der Waals surface area (Å²) in [6, 6.07) is 28.3. The van der Waals surface area contributed by atoms with Crippen molar-refractivity contribution >= 4 is 0 Å². The summed E-state index contributed by atoms with van der Waals surface area (Å²) in [5.74, 6) is 0. The van der Waals surface area contributed by atoms with Crippen molar-refractivity contribution in [1.82, 2.24) is 0 Å². The SMILES string of the molecule is Cc1ccccc1-c1cccc(C(C)(c2cccc[n+]2C)c2cccc[n+]2C)c1C.